The standard InChI is InChI=1S/C17H26N2O2/c1-3-14-4-6-15(7-5-14)16(20)19-12-17(13-21-2)8-10-18-11-9-17/h4-7,18H,3,8-13H2,1-2H3,(H,19,20). The summed E-state index contributed by atoms with van der Waals surface area (Å²) in [6.07, 6.45) is 3.07. The molecule has 0 atom stereocenters. The fraction of sp³-hybridized carbons (Fsp3) is 0.588. The van der Waals surface area contributed by atoms with Crippen molar-refractivity contribution in [3.63, 3.8) is 0 Å². The summed E-state index contributed by atoms with van der Waals surface area (Å²) in [6, 6.07) is 7.84. The number of benzene rings is 1. The highest BCUT2D eigenvalue weighted by atomic mass is 16.5. The largest absolute Gasteiger partial charge is 0.384 e. The molecule has 1 saturated heterocycles. The summed E-state index contributed by atoms with van der Waals surface area (Å²) in [5.41, 5.74) is 2.05. The number of methoxy groups -OCH3 is 1. The van der Waals surface area contributed by atoms with Crippen LogP contribution in [0.4, 0.5) is 0 Å². The minimum absolute atomic E-state index is 0.00617. The van der Waals surface area contributed by atoms with Crippen LogP contribution in [0.25, 0.3) is 0 Å². The molecule has 0 radical (unpaired) electrons. The highest BCUT2D eigenvalue weighted by Gasteiger charge is 2.32. The van der Waals surface area contributed by atoms with Crippen LogP contribution in [0.5, 0.6) is 0 Å². The van der Waals surface area contributed by atoms with Gasteiger partial charge in [0.15, 0.2) is 0 Å². The van der Waals surface area contributed by atoms with E-state index in [0.29, 0.717) is 13.2 Å². The van der Waals surface area contributed by atoms with Gasteiger partial charge in [-0.2, -0.15) is 0 Å². The van der Waals surface area contributed by atoms with Crippen molar-refractivity contribution in [3.8, 4) is 0 Å². The minimum Gasteiger partial charge on any atom is -0.384 e. The quantitative estimate of drug-likeness (QED) is 0.842. The number of rotatable bonds is 6. The maximum Gasteiger partial charge on any atom is 0.251 e. The Morgan fingerprint density at radius 1 is 1.29 bits per heavy atom. The molecule has 1 heterocycles. The number of carbonyl (C=O) groups excluding carboxylic acids is 1. The van der Waals surface area contributed by atoms with Crippen molar-refractivity contribution < 1.29 is 9.53 Å². The van der Waals surface area contributed by atoms with Gasteiger partial charge in [-0.05, 0) is 50.0 Å². The molecule has 4 heteroatoms. The minimum atomic E-state index is 0.00617. The van der Waals surface area contributed by atoms with Gasteiger partial charge < -0.3 is 15.4 Å². The van der Waals surface area contributed by atoms with Gasteiger partial charge in [-0.15, -0.1) is 0 Å². The summed E-state index contributed by atoms with van der Waals surface area (Å²) in [4.78, 5) is 12.3. The van der Waals surface area contributed by atoms with Crippen LogP contribution in [-0.4, -0.2) is 39.3 Å². The Balaban J connectivity index is 1.94. The highest BCUT2D eigenvalue weighted by Crippen LogP contribution is 2.28. The Morgan fingerprint density at radius 3 is 2.52 bits per heavy atom. The first-order valence-electron chi connectivity index (χ1n) is 7.76. The lowest BCUT2D eigenvalue weighted by atomic mass is 9.79. The number of amides is 1. The van der Waals surface area contributed by atoms with E-state index in [1.807, 2.05) is 24.3 Å². The van der Waals surface area contributed by atoms with Gasteiger partial charge in [0.25, 0.3) is 5.91 Å². The zero-order valence-electron chi connectivity index (χ0n) is 13.1. The van der Waals surface area contributed by atoms with E-state index in [9.17, 15) is 4.79 Å². The Bertz CT molecular complexity index is 445. The monoisotopic (exact) mass is 290 g/mol. The average molecular weight is 290 g/mol. The highest BCUT2D eigenvalue weighted by molar-refractivity contribution is 5.94. The lowest BCUT2D eigenvalue weighted by molar-refractivity contribution is 0.0512. The Morgan fingerprint density at radius 2 is 1.95 bits per heavy atom. The first-order chi connectivity index (χ1) is 10.2. The summed E-state index contributed by atoms with van der Waals surface area (Å²) in [7, 11) is 1.73. The molecule has 1 aliphatic rings. The van der Waals surface area contributed by atoms with Gasteiger partial charge in [-0.1, -0.05) is 19.1 Å². The van der Waals surface area contributed by atoms with E-state index in [0.717, 1.165) is 37.9 Å². The van der Waals surface area contributed by atoms with Crippen LogP contribution in [0.2, 0.25) is 0 Å². The fourth-order valence-electron chi connectivity index (χ4n) is 2.90. The van der Waals surface area contributed by atoms with Crippen molar-refractivity contribution in [2.45, 2.75) is 26.2 Å². The molecule has 2 N–H and O–H groups in total. The Hall–Kier alpha value is -1.39. The molecular weight excluding hydrogens is 264 g/mol. The van der Waals surface area contributed by atoms with Gasteiger partial charge in [0.05, 0.1) is 6.61 Å². The third-order valence-electron chi connectivity index (χ3n) is 4.36. The van der Waals surface area contributed by atoms with Crippen molar-refractivity contribution in [2.24, 2.45) is 5.41 Å². The summed E-state index contributed by atoms with van der Waals surface area (Å²) in [6.45, 7) is 5.47. The molecule has 4 nitrogen and oxygen atoms in total. The molecule has 1 aromatic carbocycles. The number of hydrogen-bond acceptors (Lipinski definition) is 3. The molecule has 0 aliphatic carbocycles. The number of carbonyl (C=O) groups is 1. The van der Waals surface area contributed by atoms with E-state index >= 15 is 0 Å². The van der Waals surface area contributed by atoms with Gasteiger partial charge >= 0.3 is 0 Å². The topological polar surface area (TPSA) is 50.4 Å². The molecule has 0 aromatic heterocycles. The van der Waals surface area contributed by atoms with Crippen LogP contribution in [0, 0.1) is 5.41 Å². The smallest absolute Gasteiger partial charge is 0.251 e. The lowest BCUT2D eigenvalue weighted by Gasteiger charge is -2.37. The van der Waals surface area contributed by atoms with Crippen LogP contribution >= 0.6 is 0 Å². The van der Waals surface area contributed by atoms with Crippen LogP contribution in [0.1, 0.15) is 35.7 Å². The van der Waals surface area contributed by atoms with E-state index in [4.69, 9.17) is 4.74 Å². The third-order valence-corrected chi connectivity index (χ3v) is 4.36. The fourth-order valence-corrected chi connectivity index (χ4v) is 2.90. The molecule has 116 valence electrons. The second-order valence-corrected chi connectivity index (χ2v) is 5.92. The molecule has 0 spiro atoms. The van der Waals surface area contributed by atoms with Crippen molar-refractivity contribution >= 4 is 5.91 Å². The van der Waals surface area contributed by atoms with E-state index in [-0.39, 0.29) is 11.3 Å². The molecular formula is C17H26N2O2. The molecule has 1 aromatic rings. The molecule has 1 amide bonds. The molecule has 1 aliphatic heterocycles. The molecule has 0 unspecified atom stereocenters. The first-order valence-corrected chi connectivity index (χ1v) is 7.76. The van der Waals surface area contributed by atoms with Crippen molar-refractivity contribution in [3.05, 3.63) is 35.4 Å². The van der Waals surface area contributed by atoms with Gasteiger partial charge in [-0.25, -0.2) is 0 Å². The zero-order valence-corrected chi connectivity index (χ0v) is 13.1. The van der Waals surface area contributed by atoms with Crippen molar-refractivity contribution in [1.82, 2.24) is 10.6 Å². The SMILES string of the molecule is CCc1ccc(C(=O)NCC2(COC)CCNCC2)cc1. The Kier molecular flexibility index (Phi) is 5.76. The summed E-state index contributed by atoms with van der Waals surface area (Å²) >= 11 is 0. The molecule has 0 saturated carbocycles. The lowest BCUT2D eigenvalue weighted by Crippen LogP contribution is -2.47. The van der Waals surface area contributed by atoms with E-state index in [1.165, 1.54) is 5.56 Å². The Labute approximate surface area is 127 Å². The summed E-state index contributed by atoms with van der Waals surface area (Å²) in [5, 5.41) is 6.45. The van der Waals surface area contributed by atoms with Gasteiger partial charge in [-0.3, -0.25) is 4.79 Å². The maximum atomic E-state index is 12.3. The number of ether oxygens (including phenoxy) is 1. The normalized spacial score (nSPS) is 17.4. The maximum absolute atomic E-state index is 12.3. The number of aryl methyl sites for hydroxylation is 1. The molecule has 2 rings (SSSR count). The van der Waals surface area contributed by atoms with Crippen LogP contribution in [0.3, 0.4) is 0 Å². The van der Waals surface area contributed by atoms with E-state index in [2.05, 4.69) is 17.6 Å². The molecule has 21 heavy (non-hydrogen) atoms. The van der Waals surface area contributed by atoms with Gasteiger partial charge in [0.1, 0.15) is 0 Å². The first kappa shape index (κ1) is 16.0. The summed E-state index contributed by atoms with van der Waals surface area (Å²) < 4.78 is 5.37. The molecule has 1 fully saturated rings. The van der Waals surface area contributed by atoms with Crippen molar-refractivity contribution in [2.75, 3.05) is 33.4 Å². The zero-order chi connectivity index (χ0) is 15.1. The van der Waals surface area contributed by atoms with Gasteiger partial charge in [0, 0.05) is 24.6 Å². The second kappa shape index (κ2) is 7.57. The predicted octanol–water partition coefficient (Wildman–Crippen LogP) is 1.99. The molecule has 0 bridgehead atoms. The second-order valence-electron chi connectivity index (χ2n) is 5.92. The van der Waals surface area contributed by atoms with Crippen molar-refractivity contribution in [1.29, 1.82) is 0 Å². The van der Waals surface area contributed by atoms with Crippen LogP contribution in [-0.2, 0) is 11.2 Å². The average Bonchev–Trinajstić information content (AvgIpc) is 2.54. The number of nitrogens with one attached hydrogen (secondary N) is 2. The van der Waals surface area contributed by atoms with Crippen LogP contribution in [0.15, 0.2) is 24.3 Å². The summed E-state index contributed by atoms with van der Waals surface area (Å²) in [5.74, 6) is 0.00617. The van der Waals surface area contributed by atoms with E-state index in [1.54, 1.807) is 7.11 Å². The van der Waals surface area contributed by atoms with E-state index < -0.39 is 0 Å². The number of hydrogen-bond donors (Lipinski definition) is 2. The van der Waals surface area contributed by atoms with Gasteiger partial charge in [0.2, 0.25) is 0 Å². The van der Waals surface area contributed by atoms with Crippen LogP contribution < -0.4 is 10.6 Å². The third kappa shape index (κ3) is 4.29. The number of piperidine rings is 1. The predicted molar refractivity (Wildman–Crippen MR) is 84.6 cm³/mol.